The number of furan rings is 1. The molecule has 3 rings (SSSR count). The van der Waals surface area contributed by atoms with Gasteiger partial charge >= 0.3 is 12.1 Å². The Balaban J connectivity index is 2.08. The molecule has 0 saturated carbocycles. The molecule has 160 valence electrons. The first-order chi connectivity index (χ1) is 14.3. The van der Waals surface area contributed by atoms with Gasteiger partial charge in [-0.3, -0.25) is 9.36 Å². The molecule has 3 aromatic rings. The van der Waals surface area contributed by atoms with Crippen LogP contribution >= 0.6 is 11.8 Å². The summed E-state index contributed by atoms with van der Waals surface area (Å²) >= 11 is 1.11. The maximum Gasteiger partial charge on any atom is 0.416 e. The first kappa shape index (κ1) is 21.9. The molecule has 0 bridgehead atoms. The molecule has 0 radical (unpaired) electrons. The van der Waals surface area contributed by atoms with Crippen molar-refractivity contribution in [2.75, 3.05) is 6.61 Å². The van der Waals surface area contributed by atoms with Gasteiger partial charge in [-0.15, -0.1) is 10.2 Å². The first-order valence-electron chi connectivity index (χ1n) is 9.35. The van der Waals surface area contributed by atoms with Crippen molar-refractivity contribution in [3.63, 3.8) is 0 Å². The molecule has 1 atom stereocenters. The zero-order valence-electron chi connectivity index (χ0n) is 16.3. The van der Waals surface area contributed by atoms with Crippen molar-refractivity contribution in [2.24, 2.45) is 0 Å². The summed E-state index contributed by atoms with van der Waals surface area (Å²) in [6, 6.07) is 8.12. The molecular formula is C20H20F3N3O3S. The van der Waals surface area contributed by atoms with Gasteiger partial charge in [-0.1, -0.05) is 31.2 Å². The van der Waals surface area contributed by atoms with Crippen molar-refractivity contribution in [1.29, 1.82) is 0 Å². The minimum atomic E-state index is -4.50. The standard InChI is InChI=1S/C20H20F3N3O3S/c1-3-7-16(18(27)28-4-2)30-19-25-24-17(15-10-6-11-29-15)26(19)14-9-5-8-13(12-14)20(21,22)23/h5-6,8-12,16H,3-4,7H2,1-2H3. The third-order valence-corrected chi connectivity index (χ3v) is 5.34. The lowest BCUT2D eigenvalue weighted by Crippen LogP contribution is -2.21. The molecule has 0 N–H and O–H groups in total. The number of thioether (sulfide) groups is 1. The second-order valence-electron chi connectivity index (χ2n) is 6.31. The molecule has 0 aliphatic rings. The molecule has 1 unspecified atom stereocenters. The van der Waals surface area contributed by atoms with E-state index in [-0.39, 0.29) is 23.3 Å². The van der Waals surface area contributed by atoms with E-state index in [9.17, 15) is 18.0 Å². The van der Waals surface area contributed by atoms with Gasteiger partial charge in [-0.2, -0.15) is 13.2 Å². The molecule has 30 heavy (non-hydrogen) atoms. The van der Waals surface area contributed by atoms with Crippen molar-refractivity contribution in [1.82, 2.24) is 14.8 Å². The molecule has 6 nitrogen and oxygen atoms in total. The Bertz CT molecular complexity index is 987. The van der Waals surface area contributed by atoms with Gasteiger partial charge in [0.25, 0.3) is 0 Å². The highest BCUT2D eigenvalue weighted by Gasteiger charge is 2.32. The van der Waals surface area contributed by atoms with E-state index >= 15 is 0 Å². The largest absolute Gasteiger partial charge is 0.465 e. The van der Waals surface area contributed by atoms with E-state index in [4.69, 9.17) is 9.15 Å². The SMILES string of the molecule is CCCC(Sc1nnc(-c2ccco2)n1-c1cccc(C(F)(F)F)c1)C(=O)OCC. The van der Waals surface area contributed by atoms with E-state index < -0.39 is 23.0 Å². The number of hydrogen-bond acceptors (Lipinski definition) is 6. The van der Waals surface area contributed by atoms with Crippen LogP contribution in [0.1, 0.15) is 32.3 Å². The summed E-state index contributed by atoms with van der Waals surface area (Å²) in [5, 5.41) is 7.95. The van der Waals surface area contributed by atoms with Crippen molar-refractivity contribution < 1.29 is 27.1 Å². The van der Waals surface area contributed by atoms with E-state index in [0.29, 0.717) is 12.2 Å². The van der Waals surface area contributed by atoms with Crippen molar-refractivity contribution in [3.05, 3.63) is 48.2 Å². The van der Waals surface area contributed by atoms with E-state index in [0.717, 1.165) is 30.3 Å². The lowest BCUT2D eigenvalue weighted by molar-refractivity contribution is -0.142. The van der Waals surface area contributed by atoms with Crippen LogP contribution in [0.2, 0.25) is 0 Å². The van der Waals surface area contributed by atoms with Crippen molar-refractivity contribution >= 4 is 17.7 Å². The number of nitrogens with zero attached hydrogens (tertiary/aromatic N) is 3. The van der Waals surface area contributed by atoms with Crippen LogP contribution in [0.3, 0.4) is 0 Å². The van der Waals surface area contributed by atoms with Gasteiger partial charge in [0.05, 0.1) is 24.1 Å². The number of rotatable bonds is 8. The molecule has 0 amide bonds. The van der Waals surface area contributed by atoms with Gasteiger partial charge in [-0.05, 0) is 43.7 Å². The summed E-state index contributed by atoms with van der Waals surface area (Å²) < 4.78 is 51.8. The van der Waals surface area contributed by atoms with E-state index in [1.165, 1.54) is 23.0 Å². The fraction of sp³-hybridized carbons (Fsp3) is 0.350. The zero-order valence-corrected chi connectivity index (χ0v) is 17.2. The molecule has 10 heteroatoms. The summed E-state index contributed by atoms with van der Waals surface area (Å²) in [6.45, 7) is 3.88. The van der Waals surface area contributed by atoms with Crippen LogP contribution in [0.15, 0.2) is 52.2 Å². The number of carbonyl (C=O) groups excluding carboxylic acids is 1. The predicted octanol–water partition coefficient (Wildman–Crippen LogP) is 5.37. The lowest BCUT2D eigenvalue weighted by Gasteiger charge is -2.16. The number of ether oxygens (including phenoxy) is 1. The Morgan fingerprint density at radius 2 is 2.03 bits per heavy atom. The zero-order chi connectivity index (χ0) is 21.7. The van der Waals surface area contributed by atoms with Crippen LogP contribution < -0.4 is 0 Å². The highest BCUT2D eigenvalue weighted by atomic mass is 32.2. The third kappa shape index (κ3) is 4.86. The number of halogens is 3. The minimum absolute atomic E-state index is 0.211. The normalized spacial score (nSPS) is 12.7. The lowest BCUT2D eigenvalue weighted by atomic mass is 10.2. The Morgan fingerprint density at radius 1 is 1.23 bits per heavy atom. The molecule has 2 aromatic heterocycles. The van der Waals surface area contributed by atoms with Crippen LogP contribution in [0.4, 0.5) is 13.2 Å². The second kappa shape index (κ2) is 9.38. The Morgan fingerprint density at radius 3 is 2.67 bits per heavy atom. The van der Waals surface area contributed by atoms with Crippen LogP contribution in [-0.4, -0.2) is 32.6 Å². The van der Waals surface area contributed by atoms with Crippen molar-refractivity contribution in [2.45, 2.75) is 43.3 Å². The van der Waals surface area contributed by atoms with Crippen LogP contribution in [0.25, 0.3) is 17.3 Å². The Hall–Kier alpha value is -2.75. The van der Waals surface area contributed by atoms with Crippen LogP contribution in [-0.2, 0) is 15.7 Å². The molecule has 0 aliphatic carbocycles. The maximum absolute atomic E-state index is 13.3. The summed E-state index contributed by atoms with van der Waals surface area (Å²) in [5.74, 6) is 0.179. The summed E-state index contributed by atoms with van der Waals surface area (Å²) in [7, 11) is 0. The molecule has 0 aliphatic heterocycles. The fourth-order valence-corrected chi connectivity index (χ4v) is 3.97. The average Bonchev–Trinajstić information content (AvgIpc) is 3.37. The highest BCUT2D eigenvalue weighted by molar-refractivity contribution is 8.00. The van der Waals surface area contributed by atoms with Gasteiger partial charge in [0, 0.05) is 0 Å². The quantitative estimate of drug-likeness (QED) is 0.347. The average molecular weight is 439 g/mol. The number of aromatic nitrogens is 3. The Kier molecular flexibility index (Phi) is 6.86. The van der Waals surface area contributed by atoms with Gasteiger partial charge in [0.2, 0.25) is 5.82 Å². The highest BCUT2D eigenvalue weighted by Crippen LogP contribution is 2.35. The molecule has 0 spiro atoms. The summed E-state index contributed by atoms with van der Waals surface area (Å²) in [4.78, 5) is 12.3. The fourth-order valence-electron chi connectivity index (χ4n) is 2.82. The van der Waals surface area contributed by atoms with E-state index in [2.05, 4.69) is 10.2 Å². The summed E-state index contributed by atoms with van der Waals surface area (Å²) in [6.07, 6.45) is -1.82. The van der Waals surface area contributed by atoms with Gasteiger partial charge in [-0.25, -0.2) is 0 Å². The minimum Gasteiger partial charge on any atom is -0.465 e. The predicted molar refractivity (Wildman–Crippen MR) is 105 cm³/mol. The number of benzene rings is 1. The summed E-state index contributed by atoms with van der Waals surface area (Å²) in [5.41, 5.74) is -0.589. The van der Waals surface area contributed by atoms with Crippen LogP contribution in [0, 0.1) is 0 Å². The smallest absolute Gasteiger partial charge is 0.416 e. The molecular weight excluding hydrogens is 419 g/mol. The maximum atomic E-state index is 13.3. The molecule has 0 fully saturated rings. The van der Waals surface area contributed by atoms with Crippen molar-refractivity contribution in [3.8, 4) is 17.3 Å². The number of hydrogen-bond donors (Lipinski definition) is 0. The molecule has 2 heterocycles. The number of alkyl halides is 3. The number of esters is 1. The van der Waals surface area contributed by atoms with Crippen LogP contribution in [0.5, 0.6) is 0 Å². The van der Waals surface area contributed by atoms with Gasteiger partial charge in [0.1, 0.15) is 5.25 Å². The van der Waals surface area contributed by atoms with E-state index in [1.54, 1.807) is 19.1 Å². The topological polar surface area (TPSA) is 70.2 Å². The monoisotopic (exact) mass is 439 g/mol. The first-order valence-corrected chi connectivity index (χ1v) is 10.2. The van der Waals surface area contributed by atoms with Gasteiger partial charge < -0.3 is 9.15 Å². The molecule has 1 aromatic carbocycles. The van der Waals surface area contributed by atoms with E-state index in [1.807, 2.05) is 6.92 Å². The third-order valence-electron chi connectivity index (χ3n) is 4.15. The number of carbonyl (C=O) groups is 1. The molecule has 0 saturated heterocycles. The van der Waals surface area contributed by atoms with Gasteiger partial charge in [0.15, 0.2) is 10.9 Å². The Labute approximate surface area is 175 Å². The second-order valence-corrected chi connectivity index (χ2v) is 7.48.